The molecule has 2 heterocycles. The van der Waals surface area contributed by atoms with Crippen LogP contribution in [0, 0.1) is 5.92 Å². The number of hydrogen-bond acceptors (Lipinski definition) is 4. The number of ether oxygens (including phenoxy) is 2. The van der Waals surface area contributed by atoms with Gasteiger partial charge in [-0.3, -0.25) is 9.59 Å². The molecular weight excluding hydrogens is 270 g/mol. The lowest BCUT2D eigenvalue weighted by Gasteiger charge is -2.24. The van der Waals surface area contributed by atoms with E-state index in [0.717, 1.165) is 5.56 Å². The summed E-state index contributed by atoms with van der Waals surface area (Å²) in [5.74, 6) is 0.291. The first-order valence-electron chi connectivity index (χ1n) is 6.82. The summed E-state index contributed by atoms with van der Waals surface area (Å²) >= 11 is 0. The second kappa shape index (κ2) is 4.48. The van der Waals surface area contributed by atoms with Crippen LogP contribution in [0.5, 0.6) is 11.5 Å². The van der Waals surface area contributed by atoms with Gasteiger partial charge >= 0.3 is 0 Å². The lowest BCUT2D eigenvalue weighted by molar-refractivity contribution is -0.141. The zero-order valence-corrected chi connectivity index (χ0v) is 11.2. The fourth-order valence-corrected chi connectivity index (χ4v) is 2.97. The van der Waals surface area contributed by atoms with Gasteiger partial charge in [0, 0.05) is 6.54 Å². The van der Waals surface area contributed by atoms with Crippen LogP contribution >= 0.6 is 0 Å². The van der Waals surface area contributed by atoms with Crippen molar-refractivity contribution < 1.29 is 19.1 Å². The molecule has 0 saturated carbocycles. The number of carbonyl (C=O) groups is 2. The molecule has 0 bridgehead atoms. The molecule has 0 N–H and O–H groups in total. The molecular formula is C16H13NO4. The number of nitrogens with zero attached hydrogens (tertiary/aromatic N) is 1. The Labute approximate surface area is 121 Å². The Balaban J connectivity index is 1.62. The lowest BCUT2D eigenvalue weighted by Crippen LogP contribution is -2.33. The van der Waals surface area contributed by atoms with Crippen molar-refractivity contribution in [3.05, 3.63) is 48.1 Å². The van der Waals surface area contributed by atoms with Gasteiger partial charge in [0.1, 0.15) is 0 Å². The zero-order chi connectivity index (χ0) is 14.4. The molecule has 2 unspecified atom stereocenters. The summed E-state index contributed by atoms with van der Waals surface area (Å²) in [6.45, 7) is 0.610. The van der Waals surface area contributed by atoms with Crippen molar-refractivity contribution in [2.75, 3.05) is 6.79 Å². The Morgan fingerprint density at radius 3 is 2.81 bits per heavy atom. The number of hydrogen-bond donors (Lipinski definition) is 0. The van der Waals surface area contributed by atoms with E-state index in [0.29, 0.717) is 18.0 Å². The summed E-state index contributed by atoms with van der Waals surface area (Å²) in [6, 6.07) is 5.39. The SMILES string of the molecule is O=C1C(=O)N(Cc2ccc3c(c2)OCO3)C2C=CC=CC12. The van der Waals surface area contributed by atoms with Crippen molar-refractivity contribution in [1.82, 2.24) is 4.90 Å². The summed E-state index contributed by atoms with van der Waals surface area (Å²) in [5, 5.41) is 0. The highest BCUT2D eigenvalue weighted by Gasteiger charge is 2.45. The number of ketones is 1. The predicted octanol–water partition coefficient (Wildman–Crippen LogP) is 1.44. The Kier molecular flexibility index (Phi) is 2.60. The molecule has 5 heteroatoms. The van der Waals surface area contributed by atoms with E-state index in [4.69, 9.17) is 9.47 Å². The van der Waals surface area contributed by atoms with E-state index >= 15 is 0 Å². The summed E-state index contributed by atoms with van der Waals surface area (Å²) in [6.07, 6.45) is 7.39. The minimum atomic E-state index is -0.418. The molecule has 2 aliphatic heterocycles. The number of allylic oxidation sites excluding steroid dienone is 2. The van der Waals surface area contributed by atoms with E-state index in [1.54, 1.807) is 11.0 Å². The first-order chi connectivity index (χ1) is 10.2. The molecule has 21 heavy (non-hydrogen) atoms. The number of carbonyl (C=O) groups excluding carboxylic acids is 2. The summed E-state index contributed by atoms with van der Waals surface area (Å²) in [4.78, 5) is 25.8. The molecule has 106 valence electrons. The van der Waals surface area contributed by atoms with Gasteiger partial charge in [0.2, 0.25) is 12.6 Å². The van der Waals surface area contributed by atoms with Crippen LogP contribution in [0.2, 0.25) is 0 Å². The molecule has 5 nitrogen and oxygen atoms in total. The van der Waals surface area contributed by atoms with Crippen molar-refractivity contribution in [3.63, 3.8) is 0 Å². The van der Waals surface area contributed by atoms with Crippen LogP contribution in [-0.4, -0.2) is 29.4 Å². The van der Waals surface area contributed by atoms with Gasteiger partial charge in [-0.1, -0.05) is 30.4 Å². The fraction of sp³-hybridized carbons (Fsp3) is 0.250. The topological polar surface area (TPSA) is 55.8 Å². The third-order valence-corrected chi connectivity index (χ3v) is 4.03. The third kappa shape index (κ3) is 1.85. The van der Waals surface area contributed by atoms with E-state index in [-0.39, 0.29) is 24.5 Å². The molecule has 4 rings (SSSR count). The first kappa shape index (κ1) is 12.2. The van der Waals surface area contributed by atoms with Gasteiger partial charge in [0.25, 0.3) is 5.91 Å². The van der Waals surface area contributed by atoms with E-state index in [2.05, 4.69) is 0 Å². The van der Waals surface area contributed by atoms with Crippen molar-refractivity contribution in [2.24, 2.45) is 5.92 Å². The number of likely N-dealkylation sites (tertiary alicyclic amines) is 1. The molecule has 1 aromatic carbocycles. The summed E-state index contributed by atoms with van der Waals surface area (Å²) in [7, 11) is 0. The maximum atomic E-state index is 12.2. The van der Waals surface area contributed by atoms with Gasteiger partial charge in [0.15, 0.2) is 11.5 Å². The molecule has 3 aliphatic rings. The van der Waals surface area contributed by atoms with Crippen LogP contribution in [0.3, 0.4) is 0 Å². The van der Waals surface area contributed by atoms with Crippen molar-refractivity contribution >= 4 is 11.7 Å². The highest BCUT2D eigenvalue weighted by molar-refractivity contribution is 6.39. The number of amides is 1. The quantitative estimate of drug-likeness (QED) is 0.771. The highest BCUT2D eigenvalue weighted by Crippen LogP contribution is 2.34. The van der Waals surface area contributed by atoms with Crippen LogP contribution in [-0.2, 0) is 16.1 Å². The average molecular weight is 283 g/mol. The van der Waals surface area contributed by atoms with Crippen molar-refractivity contribution in [2.45, 2.75) is 12.6 Å². The molecule has 0 radical (unpaired) electrons. The van der Waals surface area contributed by atoms with Gasteiger partial charge in [-0.15, -0.1) is 0 Å². The Hall–Kier alpha value is -2.56. The van der Waals surface area contributed by atoms with Crippen LogP contribution in [0.15, 0.2) is 42.5 Å². The minimum absolute atomic E-state index is 0.180. The summed E-state index contributed by atoms with van der Waals surface area (Å²) in [5.41, 5.74) is 0.920. The Bertz CT molecular complexity index is 692. The Morgan fingerprint density at radius 1 is 1.10 bits per heavy atom. The average Bonchev–Trinajstić information content (AvgIpc) is 3.06. The highest BCUT2D eigenvalue weighted by atomic mass is 16.7. The number of rotatable bonds is 2. The third-order valence-electron chi connectivity index (χ3n) is 4.03. The van der Waals surface area contributed by atoms with E-state index in [1.807, 2.05) is 36.4 Å². The molecule has 2 atom stereocenters. The fourth-order valence-electron chi connectivity index (χ4n) is 2.97. The predicted molar refractivity (Wildman–Crippen MR) is 73.7 cm³/mol. The summed E-state index contributed by atoms with van der Waals surface area (Å²) < 4.78 is 10.6. The molecule has 1 amide bonds. The molecule has 1 fully saturated rings. The molecule has 1 saturated heterocycles. The Morgan fingerprint density at radius 2 is 1.90 bits per heavy atom. The second-order valence-corrected chi connectivity index (χ2v) is 5.27. The van der Waals surface area contributed by atoms with Gasteiger partial charge in [-0.25, -0.2) is 0 Å². The van der Waals surface area contributed by atoms with Gasteiger partial charge in [-0.2, -0.15) is 0 Å². The number of benzene rings is 1. The largest absolute Gasteiger partial charge is 0.454 e. The smallest absolute Gasteiger partial charge is 0.291 e. The molecule has 0 spiro atoms. The van der Waals surface area contributed by atoms with Crippen molar-refractivity contribution in [1.29, 1.82) is 0 Å². The van der Waals surface area contributed by atoms with E-state index in [1.165, 1.54) is 0 Å². The van der Waals surface area contributed by atoms with Crippen LogP contribution < -0.4 is 9.47 Å². The first-order valence-corrected chi connectivity index (χ1v) is 6.82. The second-order valence-electron chi connectivity index (χ2n) is 5.27. The number of fused-ring (bicyclic) bond motifs is 2. The van der Waals surface area contributed by atoms with Gasteiger partial charge < -0.3 is 14.4 Å². The van der Waals surface area contributed by atoms with Gasteiger partial charge in [0.05, 0.1) is 12.0 Å². The van der Waals surface area contributed by atoms with Crippen molar-refractivity contribution in [3.8, 4) is 11.5 Å². The van der Waals surface area contributed by atoms with Gasteiger partial charge in [-0.05, 0) is 17.7 Å². The van der Waals surface area contributed by atoms with E-state index in [9.17, 15) is 9.59 Å². The molecule has 1 aliphatic carbocycles. The lowest BCUT2D eigenvalue weighted by atomic mass is 9.95. The standard InChI is InChI=1S/C16H13NO4/c18-15-11-3-1-2-4-12(11)17(16(15)19)8-10-5-6-13-14(7-10)21-9-20-13/h1-7,11-12H,8-9H2. The van der Waals surface area contributed by atoms with Crippen LogP contribution in [0.25, 0.3) is 0 Å². The van der Waals surface area contributed by atoms with Crippen LogP contribution in [0.4, 0.5) is 0 Å². The zero-order valence-electron chi connectivity index (χ0n) is 11.2. The van der Waals surface area contributed by atoms with E-state index < -0.39 is 5.91 Å². The minimum Gasteiger partial charge on any atom is -0.454 e. The molecule has 0 aromatic heterocycles. The number of Topliss-reactive ketones (excluding diaryl/α,β-unsaturated/α-hetero) is 1. The maximum Gasteiger partial charge on any atom is 0.291 e. The monoisotopic (exact) mass is 283 g/mol. The maximum absolute atomic E-state index is 12.2. The normalized spacial score (nSPS) is 25.6. The van der Waals surface area contributed by atoms with Crippen LogP contribution in [0.1, 0.15) is 5.56 Å². The molecule has 1 aromatic rings.